The average Bonchev–Trinajstić information content (AvgIpc) is 2.51. The predicted octanol–water partition coefficient (Wildman–Crippen LogP) is 2.97. The number of carbonyl (C=O) groups excluding carboxylic acids is 2. The van der Waals surface area contributed by atoms with Crippen LogP contribution < -0.4 is 5.32 Å². The van der Waals surface area contributed by atoms with E-state index in [0.29, 0.717) is 13.2 Å². The van der Waals surface area contributed by atoms with Crippen LogP contribution in [-0.2, 0) is 14.3 Å². The zero-order valence-electron chi connectivity index (χ0n) is 13.6. The highest BCUT2D eigenvalue weighted by Gasteiger charge is 2.26. The van der Waals surface area contributed by atoms with Crippen molar-refractivity contribution in [2.75, 3.05) is 31.6 Å². The van der Waals surface area contributed by atoms with E-state index in [4.69, 9.17) is 4.74 Å². The highest BCUT2D eigenvalue weighted by Crippen LogP contribution is 2.21. The number of nitrogens with one attached hydrogen (secondary N) is 1. The summed E-state index contributed by atoms with van der Waals surface area (Å²) >= 11 is 3.41. The van der Waals surface area contributed by atoms with E-state index in [9.17, 15) is 9.59 Å². The molecule has 1 fully saturated rings. The molecule has 0 saturated carbocycles. The van der Waals surface area contributed by atoms with E-state index in [1.807, 2.05) is 32.0 Å². The Bertz CT molecular complexity index is 569. The largest absolute Gasteiger partial charge is 0.466 e. The number of halogens is 1. The van der Waals surface area contributed by atoms with Crippen molar-refractivity contribution < 1.29 is 14.3 Å². The SMILES string of the molecule is CCOC(=O)C1CCN(CC(=O)Nc2ccc(Br)cc2C)CC1. The third-order valence-corrected chi connectivity index (χ3v) is 4.53. The maximum atomic E-state index is 12.2. The summed E-state index contributed by atoms with van der Waals surface area (Å²) in [6, 6.07) is 5.78. The Morgan fingerprint density at radius 3 is 2.65 bits per heavy atom. The smallest absolute Gasteiger partial charge is 0.309 e. The molecule has 0 atom stereocenters. The fourth-order valence-corrected chi connectivity index (χ4v) is 3.22. The first-order valence-corrected chi connectivity index (χ1v) is 8.74. The zero-order chi connectivity index (χ0) is 16.8. The minimum atomic E-state index is -0.109. The van der Waals surface area contributed by atoms with Gasteiger partial charge in [0.1, 0.15) is 0 Å². The number of rotatable bonds is 5. The summed E-state index contributed by atoms with van der Waals surface area (Å²) in [5.74, 6) is -0.157. The highest BCUT2D eigenvalue weighted by molar-refractivity contribution is 9.10. The normalized spacial score (nSPS) is 16.1. The van der Waals surface area contributed by atoms with Crippen molar-refractivity contribution >= 4 is 33.5 Å². The Hall–Kier alpha value is -1.40. The van der Waals surface area contributed by atoms with Crippen LogP contribution >= 0.6 is 15.9 Å². The highest BCUT2D eigenvalue weighted by atomic mass is 79.9. The lowest BCUT2D eigenvalue weighted by molar-refractivity contribution is -0.149. The van der Waals surface area contributed by atoms with Gasteiger partial charge in [-0.3, -0.25) is 14.5 Å². The first-order chi connectivity index (χ1) is 11.0. The van der Waals surface area contributed by atoms with E-state index < -0.39 is 0 Å². The van der Waals surface area contributed by atoms with Crippen molar-refractivity contribution in [3.8, 4) is 0 Å². The van der Waals surface area contributed by atoms with E-state index in [-0.39, 0.29) is 17.8 Å². The van der Waals surface area contributed by atoms with E-state index in [0.717, 1.165) is 41.7 Å². The van der Waals surface area contributed by atoms with Crippen LogP contribution in [0, 0.1) is 12.8 Å². The summed E-state index contributed by atoms with van der Waals surface area (Å²) in [5.41, 5.74) is 1.85. The summed E-state index contributed by atoms with van der Waals surface area (Å²) in [6.07, 6.45) is 1.51. The number of hydrogen-bond donors (Lipinski definition) is 1. The minimum absolute atomic E-state index is 0.0231. The van der Waals surface area contributed by atoms with Gasteiger partial charge in [0.05, 0.1) is 19.1 Å². The second-order valence-corrected chi connectivity index (χ2v) is 6.73. The molecular formula is C17H23BrN2O3. The Morgan fingerprint density at radius 2 is 2.04 bits per heavy atom. The molecule has 1 aromatic carbocycles. The van der Waals surface area contributed by atoms with E-state index in [1.54, 1.807) is 0 Å². The first kappa shape index (κ1) is 17.9. The van der Waals surface area contributed by atoms with Crippen molar-refractivity contribution in [3.05, 3.63) is 28.2 Å². The molecule has 1 amide bonds. The Balaban J connectivity index is 1.79. The summed E-state index contributed by atoms with van der Waals surface area (Å²) in [4.78, 5) is 26.0. The van der Waals surface area contributed by atoms with Crippen LogP contribution in [0.15, 0.2) is 22.7 Å². The van der Waals surface area contributed by atoms with Crippen LogP contribution in [0.3, 0.4) is 0 Å². The summed E-state index contributed by atoms with van der Waals surface area (Å²) < 4.78 is 6.05. The van der Waals surface area contributed by atoms with E-state index in [1.165, 1.54) is 0 Å². The van der Waals surface area contributed by atoms with Crippen molar-refractivity contribution in [2.45, 2.75) is 26.7 Å². The molecule has 126 valence electrons. The lowest BCUT2D eigenvalue weighted by Gasteiger charge is -2.30. The monoisotopic (exact) mass is 382 g/mol. The second kappa shape index (κ2) is 8.45. The summed E-state index contributed by atoms with van der Waals surface area (Å²) in [5, 5.41) is 2.95. The van der Waals surface area contributed by atoms with Gasteiger partial charge in [-0.05, 0) is 63.5 Å². The van der Waals surface area contributed by atoms with Crippen molar-refractivity contribution in [3.63, 3.8) is 0 Å². The number of likely N-dealkylation sites (tertiary alicyclic amines) is 1. The van der Waals surface area contributed by atoms with Gasteiger partial charge in [-0.2, -0.15) is 0 Å². The number of ether oxygens (including phenoxy) is 1. The molecule has 0 aliphatic carbocycles. The van der Waals surface area contributed by atoms with Crippen molar-refractivity contribution in [1.29, 1.82) is 0 Å². The molecule has 1 aliphatic heterocycles. The number of aryl methyl sites for hydroxylation is 1. The number of hydrogen-bond acceptors (Lipinski definition) is 4. The summed E-state index contributed by atoms with van der Waals surface area (Å²) in [7, 11) is 0. The van der Waals surface area contributed by atoms with E-state index >= 15 is 0 Å². The van der Waals surface area contributed by atoms with Gasteiger partial charge in [-0.25, -0.2) is 0 Å². The van der Waals surface area contributed by atoms with Crippen LogP contribution in [0.5, 0.6) is 0 Å². The van der Waals surface area contributed by atoms with Crippen molar-refractivity contribution in [2.24, 2.45) is 5.92 Å². The summed E-state index contributed by atoms with van der Waals surface area (Å²) in [6.45, 7) is 6.05. The molecule has 1 aliphatic rings. The van der Waals surface area contributed by atoms with Crippen LogP contribution in [0.2, 0.25) is 0 Å². The second-order valence-electron chi connectivity index (χ2n) is 5.81. The predicted molar refractivity (Wildman–Crippen MR) is 93.3 cm³/mol. The molecule has 0 bridgehead atoms. The maximum Gasteiger partial charge on any atom is 0.309 e. The van der Waals surface area contributed by atoms with E-state index in [2.05, 4.69) is 26.1 Å². The molecule has 23 heavy (non-hydrogen) atoms. The zero-order valence-corrected chi connectivity index (χ0v) is 15.2. The van der Waals surface area contributed by atoms with Gasteiger partial charge in [-0.15, -0.1) is 0 Å². The minimum Gasteiger partial charge on any atom is -0.466 e. The Morgan fingerprint density at radius 1 is 1.35 bits per heavy atom. The Labute approximate surface area is 145 Å². The van der Waals surface area contributed by atoms with Gasteiger partial charge in [0.2, 0.25) is 5.91 Å². The van der Waals surface area contributed by atoms with Crippen LogP contribution in [-0.4, -0.2) is 43.0 Å². The maximum absolute atomic E-state index is 12.2. The lowest BCUT2D eigenvalue weighted by Crippen LogP contribution is -2.41. The molecule has 0 radical (unpaired) electrons. The molecule has 1 saturated heterocycles. The van der Waals surface area contributed by atoms with Gasteiger partial charge in [0, 0.05) is 10.2 Å². The number of carbonyl (C=O) groups is 2. The van der Waals surface area contributed by atoms with Gasteiger partial charge in [0.25, 0.3) is 0 Å². The molecule has 0 aromatic heterocycles. The molecular weight excluding hydrogens is 360 g/mol. The van der Waals surface area contributed by atoms with Crippen molar-refractivity contribution in [1.82, 2.24) is 4.90 Å². The molecule has 1 heterocycles. The molecule has 0 spiro atoms. The number of esters is 1. The molecule has 1 aromatic rings. The van der Waals surface area contributed by atoms with Crippen LogP contribution in [0.25, 0.3) is 0 Å². The van der Waals surface area contributed by atoms with Gasteiger partial charge in [-0.1, -0.05) is 15.9 Å². The molecule has 0 unspecified atom stereocenters. The topological polar surface area (TPSA) is 58.6 Å². The fraction of sp³-hybridized carbons (Fsp3) is 0.529. The number of amides is 1. The third kappa shape index (κ3) is 5.32. The number of piperidine rings is 1. The lowest BCUT2D eigenvalue weighted by atomic mass is 9.97. The van der Waals surface area contributed by atoms with Crippen LogP contribution in [0.4, 0.5) is 5.69 Å². The number of benzene rings is 1. The average molecular weight is 383 g/mol. The number of anilines is 1. The standard InChI is InChI=1S/C17H23BrN2O3/c1-3-23-17(22)13-6-8-20(9-7-13)11-16(21)19-15-5-4-14(18)10-12(15)2/h4-5,10,13H,3,6-9,11H2,1-2H3,(H,19,21). The molecule has 5 nitrogen and oxygen atoms in total. The van der Waals surface area contributed by atoms with Gasteiger partial charge < -0.3 is 10.1 Å². The third-order valence-electron chi connectivity index (χ3n) is 4.04. The molecule has 2 rings (SSSR count). The Kier molecular flexibility index (Phi) is 6.59. The number of nitrogens with zero attached hydrogens (tertiary/aromatic N) is 1. The quantitative estimate of drug-likeness (QED) is 0.795. The van der Waals surface area contributed by atoms with Gasteiger partial charge in [0.15, 0.2) is 0 Å². The van der Waals surface area contributed by atoms with Gasteiger partial charge >= 0.3 is 5.97 Å². The molecule has 1 N–H and O–H groups in total. The molecule has 6 heteroatoms. The fourth-order valence-electron chi connectivity index (χ4n) is 2.75. The first-order valence-electron chi connectivity index (χ1n) is 7.94. The van der Waals surface area contributed by atoms with Crippen LogP contribution in [0.1, 0.15) is 25.3 Å².